The highest BCUT2D eigenvalue weighted by Crippen LogP contribution is 2.43. The third-order valence-corrected chi connectivity index (χ3v) is 5.89. The fourth-order valence-corrected chi connectivity index (χ4v) is 4.17. The summed E-state index contributed by atoms with van der Waals surface area (Å²) in [6.07, 6.45) is 1.42. The lowest BCUT2D eigenvalue weighted by Crippen LogP contribution is -2.30. The quantitative estimate of drug-likeness (QED) is 0.136. The maximum Gasteiger partial charge on any atom is 0.303 e. The number of non-ortho nitro benzene ring substituents is 1. The number of carbonyl (C=O) groups is 3. The maximum atomic E-state index is 13.1. The van der Waals surface area contributed by atoms with Crippen molar-refractivity contribution in [3.8, 4) is 11.5 Å². The summed E-state index contributed by atoms with van der Waals surface area (Å²) in [6.45, 7) is 0.200. The number of Topliss-reactive ketones (excluding diaryl/α,β-unsaturated/α-hetero) is 1. The largest absolute Gasteiger partial charge is 0.507 e. The molecule has 11 nitrogen and oxygen atoms in total. The van der Waals surface area contributed by atoms with Crippen LogP contribution in [0.25, 0.3) is 5.76 Å². The SMILES string of the molecule is O=C(O)CCCCCN1C(=O)C(=O)C(=C(O)c2ccc([N+](=O)[O-])cc2)[C@@H]1c1ccc2c(c1)OCO2. The second kappa shape index (κ2) is 9.84. The molecule has 0 aliphatic carbocycles. The number of hydrogen-bond donors (Lipinski definition) is 2. The van der Waals surface area contributed by atoms with Crippen molar-refractivity contribution in [2.45, 2.75) is 31.7 Å². The number of nitro groups is 1. The second-order valence-electron chi connectivity index (χ2n) is 8.11. The number of aliphatic hydroxyl groups excluding tert-OH is 1. The highest BCUT2D eigenvalue weighted by atomic mass is 16.7. The van der Waals surface area contributed by atoms with Gasteiger partial charge in [-0.05, 0) is 42.7 Å². The number of amides is 1. The van der Waals surface area contributed by atoms with E-state index in [4.69, 9.17) is 14.6 Å². The van der Waals surface area contributed by atoms with Gasteiger partial charge in [0.05, 0.1) is 16.5 Å². The van der Waals surface area contributed by atoms with Gasteiger partial charge < -0.3 is 24.6 Å². The van der Waals surface area contributed by atoms with Crippen LogP contribution in [0.1, 0.15) is 42.9 Å². The van der Waals surface area contributed by atoms with E-state index in [0.717, 1.165) is 0 Å². The summed E-state index contributed by atoms with van der Waals surface area (Å²) in [4.78, 5) is 48.5. The zero-order valence-corrected chi connectivity index (χ0v) is 18.5. The van der Waals surface area contributed by atoms with Gasteiger partial charge in [-0.1, -0.05) is 12.5 Å². The van der Waals surface area contributed by atoms with Crippen molar-refractivity contribution in [3.05, 3.63) is 69.3 Å². The fraction of sp³-hybridized carbons (Fsp3) is 0.292. The molecular formula is C24H22N2O9. The number of ketones is 1. The maximum absolute atomic E-state index is 13.1. The topological polar surface area (TPSA) is 157 Å². The molecule has 4 rings (SSSR count). The lowest BCUT2D eigenvalue weighted by molar-refractivity contribution is -0.384. The van der Waals surface area contributed by atoms with Gasteiger partial charge >= 0.3 is 5.97 Å². The van der Waals surface area contributed by atoms with E-state index in [2.05, 4.69) is 0 Å². The first-order valence-electron chi connectivity index (χ1n) is 10.9. The van der Waals surface area contributed by atoms with E-state index in [1.54, 1.807) is 18.2 Å². The van der Waals surface area contributed by atoms with E-state index < -0.39 is 34.4 Å². The number of unbranched alkanes of at least 4 members (excludes halogenated alkanes) is 2. The van der Waals surface area contributed by atoms with Crippen LogP contribution in [-0.4, -0.2) is 51.0 Å². The number of likely N-dealkylation sites (tertiary alicyclic amines) is 1. The fourth-order valence-electron chi connectivity index (χ4n) is 4.17. The molecule has 35 heavy (non-hydrogen) atoms. The predicted molar refractivity (Wildman–Crippen MR) is 121 cm³/mol. The average molecular weight is 482 g/mol. The Hall–Kier alpha value is -4.41. The molecule has 2 heterocycles. The number of carbonyl (C=O) groups excluding carboxylic acids is 2. The van der Waals surface area contributed by atoms with E-state index in [0.29, 0.717) is 36.3 Å². The van der Waals surface area contributed by atoms with Crippen LogP contribution in [0.5, 0.6) is 11.5 Å². The number of aliphatic hydroxyl groups is 1. The highest BCUT2D eigenvalue weighted by molar-refractivity contribution is 6.46. The summed E-state index contributed by atoms with van der Waals surface area (Å²) in [6, 6.07) is 9.04. The van der Waals surface area contributed by atoms with Crippen LogP contribution in [0.4, 0.5) is 5.69 Å². The highest BCUT2D eigenvalue weighted by Gasteiger charge is 2.46. The van der Waals surface area contributed by atoms with Gasteiger partial charge in [0.2, 0.25) is 6.79 Å². The number of nitrogens with zero attached hydrogens (tertiary/aromatic N) is 2. The number of fused-ring (bicyclic) bond motifs is 1. The Morgan fingerprint density at radius 2 is 1.74 bits per heavy atom. The molecule has 0 spiro atoms. The van der Waals surface area contributed by atoms with Crippen molar-refractivity contribution in [1.29, 1.82) is 0 Å². The summed E-state index contributed by atoms with van der Waals surface area (Å²) >= 11 is 0. The van der Waals surface area contributed by atoms with Crippen LogP contribution in [0.2, 0.25) is 0 Å². The number of carboxylic acid groups (broad SMARTS) is 1. The smallest absolute Gasteiger partial charge is 0.303 e. The Morgan fingerprint density at radius 3 is 2.43 bits per heavy atom. The van der Waals surface area contributed by atoms with E-state index in [9.17, 15) is 29.6 Å². The zero-order valence-electron chi connectivity index (χ0n) is 18.5. The molecule has 2 aromatic carbocycles. The molecule has 182 valence electrons. The monoisotopic (exact) mass is 482 g/mol. The number of rotatable bonds is 9. The van der Waals surface area contributed by atoms with Crippen molar-refractivity contribution in [2.75, 3.05) is 13.3 Å². The van der Waals surface area contributed by atoms with Crippen LogP contribution >= 0.6 is 0 Å². The van der Waals surface area contributed by atoms with Crippen molar-refractivity contribution in [1.82, 2.24) is 4.90 Å². The molecule has 1 atom stereocenters. The molecule has 2 N–H and O–H groups in total. The molecule has 2 aliphatic heterocycles. The first kappa shape index (κ1) is 23.7. The summed E-state index contributed by atoms with van der Waals surface area (Å²) < 4.78 is 10.8. The summed E-state index contributed by atoms with van der Waals surface area (Å²) in [5.74, 6) is -2.09. The van der Waals surface area contributed by atoms with Crippen molar-refractivity contribution >= 4 is 29.1 Å². The van der Waals surface area contributed by atoms with E-state index in [1.807, 2.05) is 0 Å². The van der Waals surface area contributed by atoms with E-state index in [1.165, 1.54) is 29.2 Å². The van der Waals surface area contributed by atoms with Crippen molar-refractivity contribution < 1.29 is 39.0 Å². The number of ether oxygens (including phenoxy) is 2. The van der Waals surface area contributed by atoms with E-state index >= 15 is 0 Å². The third-order valence-electron chi connectivity index (χ3n) is 5.89. The second-order valence-corrected chi connectivity index (χ2v) is 8.11. The summed E-state index contributed by atoms with van der Waals surface area (Å²) in [5.41, 5.74) is 0.340. The van der Waals surface area contributed by atoms with Gasteiger partial charge in [-0.2, -0.15) is 0 Å². The van der Waals surface area contributed by atoms with E-state index in [-0.39, 0.29) is 36.6 Å². The molecule has 0 aromatic heterocycles. The Bertz CT molecular complexity index is 1220. The molecule has 1 fully saturated rings. The van der Waals surface area contributed by atoms with Crippen LogP contribution in [0.3, 0.4) is 0 Å². The average Bonchev–Trinajstić information content (AvgIpc) is 3.40. The van der Waals surface area contributed by atoms with Gasteiger partial charge in [-0.25, -0.2) is 0 Å². The normalized spacial score (nSPS) is 18.2. The number of carboxylic acids is 1. The van der Waals surface area contributed by atoms with Gasteiger partial charge in [-0.15, -0.1) is 0 Å². The Balaban J connectivity index is 1.71. The van der Waals surface area contributed by atoms with Crippen LogP contribution in [0.15, 0.2) is 48.0 Å². The number of aliphatic carboxylic acids is 1. The number of hydrogen-bond acceptors (Lipinski definition) is 8. The molecular weight excluding hydrogens is 460 g/mol. The first-order chi connectivity index (χ1) is 16.8. The standard InChI is InChI=1S/C24H22N2O9/c27-19(28)4-2-1-3-11-25-21(15-7-10-17-18(12-15)35-13-34-17)20(23(30)24(25)31)22(29)14-5-8-16(9-6-14)26(32)33/h5-10,12,21,29H,1-4,11,13H2,(H,27,28)/t21-/m0/s1. The molecule has 0 radical (unpaired) electrons. The Labute approximate surface area is 199 Å². The minimum absolute atomic E-state index is 0.00452. The number of benzene rings is 2. The predicted octanol–water partition coefficient (Wildman–Crippen LogP) is 3.39. The molecule has 2 aromatic rings. The Morgan fingerprint density at radius 1 is 1.03 bits per heavy atom. The molecule has 2 aliphatic rings. The minimum atomic E-state index is -0.931. The lowest BCUT2D eigenvalue weighted by atomic mass is 9.95. The van der Waals surface area contributed by atoms with Crippen LogP contribution in [0, 0.1) is 10.1 Å². The third kappa shape index (κ3) is 4.79. The molecule has 0 unspecified atom stereocenters. The van der Waals surface area contributed by atoms with Gasteiger partial charge in [0.15, 0.2) is 11.5 Å². The van der Waals surface area contributed by atoms with Gasteiger partial charge in [0, 0.05) is 30.7 Å². The van der Waals surface area contributed by atoms with Crippen molar-refractivity contribution in [3.63, 3.8) is 0 Å². The molecule has 1 saturated heterocycles. The van der Waals surface area contributed by atoms with Crippen molar-refractivity contribution in [2.24, 2.45) is 0 Å². The lowest BCUT2D eigenvalue weighted by Gasteiger charge is -2.25. The summed E-state index contributed by atoms with van der Waals surface area (Å²) in [7, 11) is 0. The van der Waals surface area contributed by atoms with Gasteiger partial charge in [-0.3, -0.25) is 24.5 Å². The summed E-state index contributed by atoms with van der Waals surface area (Å²) in [5, 5.41) is 30.8. The molecule has 1 amide bonds. The number of nitro benzene ring substituents is 1. The van der Waals surface area contributed by atoms with Crippen LogP contribution in [-0.2, 0) is 14.4 Å². The van der Waals surface area contributed by atoms with Crippen LogP contribution < -0.4 is 9.47 Å². The minimum Gasteiger partial charge on any atom is -0.507 e. The molecule has 0 saturated carbocycles. The van der Waals surface area contributed by atoms with Gasteiger partial charge in [0.25, 0.3) is 17.4 Å². The molecule has 11 heteroatoms. The molecule has 0 bridgehead atoms. The Kier molecular flexibility index (Phi) is 6.67. The van der Waals surface area contributed by atoms with Gasteiger partial charge in [0.1, 0.15) is 5.76 Å². The zero-order chi connectivity index (χ0) is 25.1. The first-order valence-corrected chi connectivity index (χ1v) is 10.9.